The van der Waals surface area contributed by atoms with E-state index in [2.05, 4.69) is 5.32 Å². The highest BCUT2D eigenvalue weighted by molar-refractivity contribution is 6.04. The van der Waals surface area contributed by atoms with Crippen LogP contribution in [0.5, 0.6) is 5.75 Å². The number of aryl methyl sites for hydroxylation is 1. The Morgan fingerprint density at radius 3 is 2.71 bits per heavy atom. The van der Waals surface area contributed by atoms with E-state index in [9.17, 15) is 24.1 Å². The van der Waals surface area contributed by atoms with Crippen LogP contribution in [-0.4, -0.2) is 23.2 Å². The summed E-state index contributed by atoms with van der Waals surface area (Å²) in [6, 6.07) is 5.45. The third-order valence-electron chi connectivity index (χ3n) is 4.95. The van der Waals surface area contributed by atoms with Gasteiger partial charge in [-0.05, 0) is 43.0 Å². The molecule has 3 rings (SSSR count). The van der Waals surface area contributed by atoms with Crippen molar-refractivity contribution in [3.05, 3.63) is 62.5 Å². The maximum absolute atomic E-state index is 14.0. The molecule has 0 unspecified atom stereocenters. The number of ether oxygens (including phenoxy) is 1. The van der Waals surface area contributed by atoms with Crippen LogP contribution < -0.4 is 10.1 Å². The second-order valence-corrected chi connectivity index (χ2v) is 6.86. The quantitative estimate of drug-likeness (QED) is 0.617. The summed E-state index contributed by atoms with van der Waals surface area (Å²) in [5.74, 6) is -1.44. The van der Waals surface area contributed by atoms with Crippen molar-refractivity contribution in [3.8, 4) is 5.75 Å². The van der Waals surface area contributed by atoms with Gasteiger partial charge in [0.15, 0.2) is 12.4 Å². The molecule has 0 saturated heterocycles. The molecule has 7 nitrogen and oxygen atoms in total. The van der Waals surface area contributed by atoms with Gasteiger partial charge in [0.25, 0.3) is 11.6 Å². The fraction of sp³-hybridized carbons (Fsp3) is 0.300. The fourth-order valence-corrected chi connectivity index (χ4v) is 3.38. The van der Waals surface area contributed by atoms with E-state index in [1.54, 1.807) is 26.8 Å². The van der Waals surface area contributed by atoms with Gasteiger partial charge in [0, 0.05) is 18.1 Å². The highest BCUT2D eigenvalue weighted by atomic mass is 19.1. The Morgan fingerprint density at radius 2 is 2.04 bits per heavy atom. The van der Waals surface area contributed by atoms with Gasteiger partial charge in [-0.2, -0.15) is 0 Å². The number of Topliss-reactive ketones (excluding diaryl/α,β-unsaturated/α-hetero) is 1. The Kier molecular flexibility index (Phi) is 5.13. The van der Waals surface area contributed by atoms with Crippen LogP contribution in [0, 0.1) is 29.8 Å². The van der Waals surface area contributed by atoms with Crippen molar-refractivity contribution < 1.29 is 23.6 Å². The normalized spacial score (nSPS) is 15.3. The van der Waals surface area contributed by atoms with Crippen molar-refractivity contribution in [1.82, 2.24) is 0 Å². The highest BCUT2D eigenvalue weighted by Gasteiger charge is 2.32. The number of halogens is 1. The average molecular weight is 386 g/mol. The smallest absolute Gasteiger partial charge is 0.293 e. The first kappa shape index (κ1) is 19.5. The minimum Gasteiger partial charge on any atom is -0.483 e. The van der Waals surface area contributed by atoms with Gasteiger partial charge >= 0.3 is 0 Å². The minimum absolute atomic E-state index is 0.104. The zero-order chi connectivity index (χ0) is 20.6. The number of benzene rings is 2. The molecule has 0 saturated carbocycles. The Balaban J connectivity index is 1.80. The SMILES string of the molecule is Cc1ccc([N+](=O)[O-])c(NC(=O)COc2ccc(F)c3c2C(=O)C[C@H]3C)c1C. The molecule has 2 aromatic rings. The lowest BCUT2D eigenvalue weighted by Crippen LogP contribution is -2.22. The van der Waals surface area contributed by atoms with Crippen LogP contribution in [0.25, 0.3) is 0 Å². The molecule has 0 bridgehead atoms. The Labute approximate surface area is 160 Å². The number of nitro benzene ring substituents is 1. The number of nitrogens with zero attached hydrogens (tertiary/aromatic N) is 1. The van der Waals surface area contributed by atoms with Crippen molar-refractivity contribution in [2.45, 2.75) is 33.1 Å². The molecule has 0 radical (unpaired) electrons. The molecule has 1 aliphatic rings. The maximum atomic E-state index is 14.0. The Hall–Kier alpha value is -3.29. The number of nitrogens with one attached hydrogen (secondary N) is 1. The number of amides is 1. The van der Waals surface area contributed by atoms with Crippen LogP contribution >= 0.6 is 0 Å². The lowest BCUT2D eigenvalue weighted by Gasteiger charge is -2.13. The van der Waals surface area contributed by atoms with Crippen LogP contribution in [0.3, 0.4) is 0 Å². The Bertz CT molecular complexity index is 1000. The molecule has 146 valence electrons. The van der Waals surface area contributed by atoms with E-state index in [4.69, 9.17) is 4.74 Å². The molecule has 0 heterocycles. The van der Waals surface area contributed by atoms with Gasteiger partial charge in [0.2, 0.25) is 0 Å². The zero-order valence-electron chi connectivity index (χ0n) is 15.7. The number of ketones is 1. The number of carbonyl (C=O) groups is 2. The van der Waals surface area contributed by atoms with Crippen molar-refractivity contribution in [1.29, 1.82) is 0 Å². The lowest BCUT2D eigenvalue weighted by molar-refractivity contribution is -0.384. The molecule has 1 atom stereocenters. The van der Waals surface area contributed by atoms with Crippen LogP contribution in [0.4, 0.5) is 15.8 Å². The molecule has 8 heteroatoms. The van der Waals surface area contributed by atoms with Crippen LogP contribution in [0.15, 0.2) is 24.3 Å². The molecule has 28 heavy (non-hydrogen) atoms. The third kappa shape index (κ3) is 3.45. The molecule has 0 aromatic heterocycles. The number of rotatable bonds is 5. The minimum atomic E-state index is -0.617. The predicted octanol–water partition coefficient (Wildman–Crippen LogP) is 4.06. The summed E-state index contributed by atoms with van der Waals surface area (Å²) in [4.78, 5) is 35.1. The highest BCUT2D eigenvalue weighted by Crippen LogP contribution is 2.39. The second kappa shape index (κ2) is 7.38. The summed E-state index contributed by atoms with van der Waals surface area (Å²) in [6.45, 7) is 4.73. The first-order valence-corrected chi connectivity index (χ1v) is 8.73. The van der Waals surface area contributed by atoms with E-state index < -0.39 is 23.3 Å². The first-order valence-electron chi connectivity index (χ1n) is 8.73. The number of hydrogen-bond acceptors (Lipinski definition) is 5. The zero-order valence-corrected chi connectivity index (χ0v) is 15.7. The summed E-state index contributed by atoms with van der Waals surface area (Å²) < 4.78 is 19.5. The summed E-state index contributed by atoms with van der Waals surface area (Å²) in [5, 5.41) is 13.7. The number of hydrogen-bond donors (Lipinski definition) is 1. The first-order chi connectivity index (χ1) is 13.2. The molecule has 0 spiro atoms. The fourth-order valence-electron chi connectivity index (χ4n) is 3.38. The molecular formula is C20H19FN2O5. The van der Waals surface area contributed by atoms with Crippen molar-refractivity contribution in [2.24, 2.45) is 0 Å². The van der Waals surface area contributed by atoms with Crippen molar-refractivity contribution in [3.63, 3.8) is 0 Å². The lowest BCUT2D eigenvalue weighted by atomic mass is 10.0. The molecule has 1 N–H and O–H groups in total. The van der Waals surface area contributed by atoms with E-state index in [1.807, 2.05) is 0 Å². The molecule has 0 fully saturated rings. The summed E-state index contributed by atoms with van der Waals surface area (Å²) in [5.41, 5.74) is 1.72. The van der Waals surface area contributed by atoms with Gasteiger partial charge in [-0.15, -0.1) is 0 Å². The third-order valence-corrected chi connectivity index (χ3v) is 4.95. The number of fused-ring (bicyclic) bond motifs is 1. The van der Waals surface area contributed by atoms with Crippen LogP contribution in [0.1, 0.15) is 46.3 Å². The largest absolute Gasteiger partial charge is 0.483 e. The number of carbonyl (C=O) groups excluding carboxylic acids is 2. The van der Waals surface area contributed by atoms with Gasteiger partial charge in [-0.1, -0.05) is 13.0 Å². The van der Waals surface area contributed by atoms with Gasteiger partial charge in [-0.3, -0.25) is 19.7 Å². The number of nitro groups is 1. The van der Waals surface area contributed by atoms with E-state index in [0.29, 0.717) is 11.1 Å². The van der Waals surface area contributed by atoms with E-state index in [1.165, 1.54) is 18.2 Å². The summed E-state index contributed by atoms with van der Waals surface area (Å²) >= 11 is 0. The molecule has 2 aromatic carbocycles. The summed E-state index contributed by atoms with van der Waals surface area (Å²) in [7, 11) is 0. The van der Waals surface area contributed by atoms with Crippen LogP contribution in [-0.2, 0) is 4.79 Å². The van der Waals surface area contributed by atoms with Gasteiger partial charge in [0.05, 0.1) is 10.5 Å². The summed E-state index contributed by atoms with van der Waals surface area (Å²) in [6.07, 6.45) is 0.188. The van der Waals surface area contributed by atoms with E-state index in [-0.39, 0.29) is 40.8 Å². The average Bonchev–Trinajstić information content (AvgIpc) is 2.94. The van der Waals surface area contributed by atoms with Gasteiger partial charge < -0.3 is 10.1 Å². The Morgan fingerprint density at radius 1 is 1.32 bits per heavy atom. The molecule has 0 aliphatic heterocycles. The molecule has 1 amide bonds. The maximum Gasteiger partial charge on any atom is 0.293 e. The van der Waals surface area contributed by atoms with E-state index in [0.717, 1.165) is 5.56 Å². The van der Waals surface area contributed by atoms with Gasteiger partial charge in [0.1, 0.15) is 17.3 Å². The topological polar surface area (TPSA) is 98.5 Å². The van der Waals surface area contributed by atoms with E-state index >= 15 is 0 Å². The molecular weight excluding hydrogens is 367 g/mol. The van der Waals surface area contributed by atoms with Crippen LogP contribution in [0.2, 0.25) is 0 Å². The van der Waals surface area contributed by atoms with Crippen molar-refractivity contribution >= 4 is 23.1 Å². The van der Waals surface area contributed by atoms with Crippen molar-refractivity contribution in [2.75, 3.05) is 11.9 Å². The monoisotopic (exact) mass is 386 g/mol. The van der Waals surface area contributed by atoms with Gasteiger partial charge in [-0.25, -0.2) is 4.39 Å². The second-order valence-electron chi connectivity index (χ2n) is 6.86. The number of anilines is 1. The predicted molar refractivity (Wildman–Crippen MR) is 100 cm³/mol. The molecule has 1 aliphatic carbocycles. The standard InChI is InChI=1S/C20H19FN2O5/c1-10-4-6-14(23(26)27)20(12(10)3)22-17(25)9-28-16-7-5-13(21)18-11(2)8-15(24)19(16)18/h4-7,11H,8-9H2,1-3H3,(H,22,25)/t11-/m1/s1.